The number of nitrogens with two attached hydrogens (primary N) is 2. The van der Waals surface area contributed by atoms with Crippen LogP contribution in [0.3, 0.4) is 0 Å². The molecule has 0 unspecified atom stereocenters. The molecule has 31 heavy (non-hydrogen) atoms. The van der Waals surface area contributed by atoms with E-state index in [0.29, 0.717) is 30.1 Å². The fourth-order valence-corrected chi connectivity index (χ4v) is 3.23. The molecule has 1 saturated heterocycles. The highest BCUT2D eigenvalue weighted by molar-refractivity contribution is 6.02. The second kappa shape index (κ2) is 10.5. The van der Waals surface area contributed by atoms with Crippen molar-refractivity contribution < 1.29 is 17.9 Å². The van der Waals surface area contributed by atoms with Crippen molar-refractivity contribution in [3.05, 3.63) is 59.7 Å². The van der Waals surface area contributed by atoms with Crippen LogP contribution in [0, 0.1) is 0 Å². The predicted octanol–water partition coefficient (Wildman–Crippen LogP) is 3.01. The van der Waals surface area contributed by atoms with E-state index in [1.165, 1.54) is 17.3 Å². The number of nitrogens with one attached hydrogen (secondary N) is 2. The van der Waals surface area contributed by atoms with Gasteiger partial charge < -0.3 is 21.1 Å². The molecule has 0 atom stereocenters. The number of piperidine rings is 1. The molecule has 2 aromatic rings. The van der Waals surface area contributed by atoms with E-state index >= 15 is 0 Å². The van der Waals surface area contributed by atoms with Crippen molar-refractivity contribution in [2.24, 2.45) is 16.7 Å². The van der Waals surface area contributed by atoms with Gasteiger partial charge in [0.25, 0.3) is 0 Å². The van der Waals surface area contributed by atoms with Crippen molar-refractivity contribution in [3.8, 4) is 0 Å². The average molecular weight is 436 g/mol. The molecule has 1 aliphatic heterocycles. The maximum Gasteiger partial charge on any atom is 0.416 e. The Morgan fingerprint density at radius 1 is 1.13 bits per heavy atom. The molecule has 6 N–H and O–H groups in total. The van der Waals surface area contributed by atoms with E-state index < -0.39 is 11.7 Å². The van der Waals surface area contributed by atoms with Gasteiger partial charge in [0.15, 0.2) is 5.84 Å². The van der Waals surface area contributed by atoms with E-state index in [1.54, 1.807) is 24.3 Å². The number of amidine groups is 1. The maximum absolute atomic E-state index is 12.8. The molecule has 1 aliphatic rings. The summed E-state index contributed by atoms with van der Waals surface area (Å²) in [7, 11) is 0. The van der Waals surface area contributed by atoms with E-state index in [0.717, 1.165) is 38.1 Å². The minimum atomic E-state index is -4.38. The van der Waals surface area contributed by atoms with Crippen molar-refractivity contribution in [3.63, 3.8) is 0 Å². The monoisotopic (exact) mass is 436 g/mol. The predicted molar refractivity (Wildman–Crippen MR) is 115 cm³/mol. The second-order valence-electron chi connectivity index (χ2n) is 7.21. The quantitative estimate of drug-likeness (QED) is 0.220. The van der Waals surface area contributed by atoms with Gasteiger partial charge >= 0.3 is 6.18 Å². The zero-order valence-electron chi connectivity index (χ0n) is 17.0. The van der Waals surface area contributed by atoms with E-state index in [-0.39, 0.29) is 11.9 Å². The first-order valence-corrected chi connectivity index (χ1v) is 10.1. The summed E-state index contributed by atoms with van der Waals surface area (Å²) in [6.07, 6.45) is -2.21. The highest BCUT2D eigenvalue weighted by atomic mass is 19.4. The molecule has 0 saturated carbocycles. The standard InChI is InChI=1S/C21H27F3N6O/c22-21(23,24)15-5-7-16(8-6-15)28-19-4-2-1-3-18(19)20(25)29-30(26)13-14-31-17-9-11-27-12-10-17/h1-8,17,27-28H,9-14,26H2,(H2,25,29). The third kappa shape index (κ3) is 6.84. The molecule has 0 bridgehead atoms. The Kier molecular flexibility index (Phi) is 7.72. The minimum absolute atomic E-state index is 0.180. The highest BCUT2D eigenvalue weighted by Gasteiger charge is 2.29. The normalized spacial score (nSPS) is 15.7. The minimum Gasteiger partial charge on any atom is -0.382 e. The second-order valence-corrected chi connectivity index (χ2v) is 7.21. The average Bonchev–Trinajstić information content (AvgIpc) is 2.74. The van der Waals surface area contributed by atoms with Gasteiger partial charge in [0.1, 0.15) is 0 Å². The van der Waals surface area contributed by atoms with Crippen molar-refractivity contribution in [1.29, 1.82) is 0 Å². The summed E-state index contributed by atoms with van der Waals surface area (Å²) in [5, 5.41) is 11.8. The summed E-state index contributed by atoms with van der Waals surface area (Å²) < 4.78 is 44.1. The Morgan fingerprint density at radius 3 is 2.48 bits per heavy atom. The van der Waals surface area contributed by atoms with Crippen molar-refractivity contribution in [2.45, 2.75) is 25.1 Å². The molecule has 3 rings (SSSR count). The van der Waals surface area contributed by atoms with Crippen molar-refractivity contribution >= 4 is 17.2 Å². The zero-order valence-corrected chi connectivity index (χ0v) is 17.0. The van der Waals surface area contributed by atoms with Gasteiger partial charge in [-0.3, -0.25) is 0 Å². The lowest BCUT2D eigenvalue weighted by Gasteiger charge is -2.23. The van der Waals surface area contributed by atoms with E-state index in [2.05, 4.69) is 15.7 Å². The summed E-state index contributed by atoms with van der Waals surface area (Å²) in [5.74, 6) is 6.11. The third-order valence-corrected chi connectivity index (χ3v) is 4.89. The van der Waals surface area contributed by atoms with E-state index in [4.69, 9.17) is 16.3 Å². The number of hydrogen-bond acceptors (Lipinski definition) is 6. The Bertz CT molecular complexity index is 866. The molecule has 0 radical (unpaired) electrons. The lowest BCUT2D eigenvalue weighted by atomic mass is 10.1. The Hall–Kier alpha value is -2.82. The molecule has 7 nitrogen and oxygen atoms in total. The summed E-state index contributed by atoms with van der Waals surface area (Å²) in [6, 6.07) is 11.9. The number of rotatable bonds is 8. The fourth-order valence-electron chi connectivity index (χ4n) is 3.23. The van der Waals surface area contributed by atoms with Gasteiger partial charge in [0.2, 0.25) is 0 Å². The lowest BCUT2D eigenvalue weighted by molar-refractivity contribution is -0.137. The largest absolute Gasteiger partial charge is 0.416 e. The number of para-hydroxylation sites is 1. The van der Waals surface area contributed by atoms with Crippen LogP contribution in [0.25, 0.3) is 0 Å². The molecule has 0 aromatic heterocycles. The number of halogens is 3. The first kappa shape index (κ1) is 22.9. The van der Waals surface area contributed by atoms with Gasteiger partial charge in [-0.25, -0.2) is 11.0 Å². The van der Waals surface area contributed by atoms with Gasteiger partial charge in [-0.1, -0.05) is 12.1 Å². The Labute approximate surface area is 179 Å². The lowest BCUT2D eigenvalue weighted by Crippen LogP contribution is -2.36. The summed E-state index contributed by atoms with van der Waals surface area (Å²) in [4.78, 5) is 0. The molecule has 10 heteroatoms. The van der Waals surface area contributed by atoms with Gasteiger partial charge in [0, 0.05) is 16.9 Å². The number of ether oxygens (including phenoxy) is 1. The molecule has 168 valence electrons. The number of hydrazine groups is 1. The van der Waals surface area contributed by atoms with Gasteiger partial charge in [-0.05, 0) is 62.3 Å². The van der Waals surface area contributed by atoms with Crippen LogP contribution in [0.15, 0.2) is 53.6 Å². The van der Waals surface area contributed by atoms with Crippen LogP contribution in [0.5, 0.6) is 0 Å². The third-order valence-electron chi connectivity index (χ3n) is 4.89. The maximum atomic E-state index is 12.8. The SMILES string of the molecule is N/C(=N\N(N)CCOC1CCNCC1)c1ccccc1Nc1ccc(C(F)(F)F)cc1. The van der Waals surface area contributed by atoms with E-state index in [9.17, 15) is 13.2 Å². The first-order chi connectivity index (χ1) is 14.8. The molecule has 0 spiro atoms. The number of hydrogen-bond donors (Lipinski definition) is 4. The van der Waals surface area contributed by atoms with Gasteiger partial charge in [-0.2, -0.15) is 13.2 Å². The fraction of sp³-hybridized carbons (Fsp3) is 0.381. The Morgan fingerprint density at radius 2 is 1.81 bits per heavy atom. The van der Waals surface area contributed by atoms with Crippen LogP contribution in [0.2, 0.25) is 0 Å². The zero-order chi connectivity index (χ0) is 22.3. The molecular formula is C21H27F3N6O. The molecule has 1 fully saturated rings. The summed E-state index contributed by atoms with van der Waals surface area (Å²) >= 11 is 0. The number of benzene rings is 2. The van der Waals surface area contributed by atoms with Crippen LogP contribution < -0.4 is 22.2 Å². The number of nitrogens with zero attached hydrogens (tertiary/aromatic N) is 2. The van der Waals surface area contributed by atoms with Crippen LogP contribution in [0.1, 0.15) is 24.0 Å². The van der Waals surface area contributed by atoms with Crippen LogP contribution in [0.4, 0.5) is 24.5 Å². The van der Waals surface area contributed by atoms with Crippen LogP contribution in [-0.4, -0.2) is 43.3 Å². The van der Waals surface area contributed by atoms with E-state index in [1.807, 2.05) is 0 Å². The number of alkyl halides is 3. The smallest absolute Gasteiger partial charge is 0.382 e. The topological polar surface area (TPSA) is 101 Å². The van der Waals surface area contributed by atoms with Crippen molar-refractivity contribution in [1.82, 2.24) is 10.4 Å². The molecule has 2 aromatic carbocycles. The number of hydrazone groups is 1. The van der Waals surface area contributed by atoms with Crippen molar-refractivity contribution in [2.75, 3.05) is 31.6 Å². The highest BCUT2D eigenvalue weighted by Crippen LogP contribution is 2.30. The summed E-state index contributed by atoms with van der Waals surface area (Å²) in [6.45, 7) is 2.71. The Balaban J connectivity index is 1.61. The molecule has 0 amide bonds. The van der Waals surface area contributed by atoms with Gasteiger partial charge in [0.05, 0.1) is 24.8 Å². The van der Waals surface area contributed by atoms with Crippen LogP contribution in [-0.2, 0) is 10.9 Å². The first-order valence-electron chi connectivity index (χ1n) is 10.1. The summed E-state index contributed by atoms with van der Waals surface area (Å²) in [5.41, 5.74) is 7.10. The van der Waals surface area contributed by atoms with Gasteiger partial charge in [-0.15, -0.1) is 5.10 Å². The molecule has 1 heterocycles. The number of anilines is 2. The molecule has 0 aliphatic carbocycles. The molecular weight excluding hydrogens is 409 g/mol. The van der Waals surface area contributed by atoms with Crippen LogP contribution >= 0.6 is 0 Å².